The summed E-state index contributed by atoms with van der Waals surface area (Å²) in [4.78, 5) is 14.3. The van der Waals surface area contributed by atoms with Crippen LogP contribution in [0.2, 0.25) is 0 Å². The van der Waals surface area contributed by atoms with E-state index in [1.165, 1.54) is 4.90 Å². The van der Waals surface area contributed by atoms with Gasteiger partial charge in [0.15, 0.2) is 0 Å². The van der Waals surface area contributed by atoms with Crippen LogP contribution < -0.4 is 0 Å². The Balaban J connectivity index is 1.95. The third-order valence-corrected chi connectivity index (χ3v) is 3.52. The molecule has 1 heterocycles. The van der Waals surface area contributed by atoms with E-state index in [9.17, 15) is 18.0 Å². The number of hydrogen-bond donors (Lipinski definition) is 1. The maximum absolute atomic E-state index is 12.5. The maximum Gasteiger partial charge on any atom is 0.412 e. The van der Waals surface area contributed by atoms with Crippen LogP contribution in [-0.2, 0) is 11.2 Å². The van der Waals surface area contributed by atoms with Crippen LogP contribution in [-0.4, -0.2) is 30.1 Å². The van der Waals surface area contributed by atoms with Crippen LogP contribution in [0.25, 0.3) is 0 Å². The first-order chi connectivity index (χ1) is 9.36. The number of alkyl halides is 3. The fourth-order valence-electron chi connectivity index (χ4n) is 2.05. The van der Waals surface area contributed by atoms with Crippen molar-refractivity contribution in [3.63, 3.8) is 0 Å². The predicted octanol–water partition coefficient (Wildman–Crippen LogP) is 3.24. The van der Waals surface area contributed by atoms with Gasteiger partial charge in [-0.2, -0.15) is 13.2 Å². The molecule has 0 N–H and O–H groups in total. The quantitative estimate of drug-likeness (QED) is 0.657. The summed E-state index contributed by atoms with van der Waals surface area (Å²) in [7, 11) is 0. The van der Waals surface area contributed by atoms with Crippen LogP contribution in [0.1, 0.15) is 12.0 Å². The van der Waals surface area contributed by atoms with Crippen LogP contribution in [0.3, 0.4) is 0 Å². The second kappa shape index (κ2) is 5.91. The Bertz CT molecular complexity index is 522. The van der Waals surface area contributed by atoms with Crippen molar-refractivity contribution >= 4 is 18.5 Å². The van der Waals surface area contributed by atoms with Crippen LogP contribution in [0.15, 0.2) is 40.8 Å². The molecular weight excluding hydrogens is 287 g/mol. The Labute approximate surface area is 120 Å². The van der Waals surface area contributed by atoms with Gasteiger partial charge < -0.3 is 4.90 Å². The first kappa shape index (κ1) is 15.0. The lowest BCUT2D eigenvalue weighted by Crippen LogP contribution is -2.37. The van der Waals surface area contributed by atoms with E-state index in [1.807, 2.05) is 0 Å². The SMILES string of the molecule is O=C(Cc1ccc(S)cc1)N1CC=C(C(F)(F)F)CC1. The minimum absolute atomic E-state index is 0.0261. The van der Waals surface area contributed by atoms with Crippen LogP contribution in [0.4, 0.5) is 13.2 Å². The predicted molar refractivity (Wildman–Crippen MR) is 72.7 cm³/mol. The smallest absolute Gasteiger partial charge is 0.338 e. The van der Waals surface area contributed by atoms with Gasteiger partial charge in [0.2, 0.25) is 5.91 Å². The number of benzene rings is 1. The second-order valence-electron chi connectivity index (χ2n) is 4.66. The van der Waals surface area contributed by atoms with E-state index in [0.29, 0.717) is 0 Å². The van der Waals surface area contributed by atoms with Gasteiger partial charge in [-0.25, -0.2) is 0 Å². The van der Waals surface area contributed by atoms with E-state index in [4.69, 9.17) is 0 Å². The molecule has 0 spiro atoms. The van der Waals surface area contributed by atoms with E-state index in [2.05, 4.69) is 12.6 Å². The van der Waals surface area contributed by atoms with Crippen molar-refractivity contribution in [1.82, 2.24) is 4.90 Å². The van der Waals surface area contributed by atoms with Crippen LogP contribution in [0.5, 0.6) is 0 Å². The van der Waals surface area contributed by atoms with Crippen molar-refractivity contribution in [2.75, 3.05) is 13.1 Å². The lowest BCUT2D eigenvalue weighted by molar-refractivity contribution is -0.131. The summed E-state index contributed by atoms with van der Waals surface area (Å²) in [5.74, 6) is -0.158. The molecule has 1 aliphatic rings. The van der Waals surface area contributed by atoms with E-state index in [1.54, 1.807) is 24.3 Å². The van der Waals surface area contributed by atoms with Gasteiger partial charge in [-0.15, -0.1) is 12.6 Å². The van der Waals surface area contributed by atoms with Gasteiger partial charge in [-0.1, -0.05) is 18.2 Å². The van der Waals surface area contributed by atoms with Gasteiger partial charge in [0.05, 0.1) is 6.42 Å². The molecule has 1 aliphatic heterocycles. The molecule has 6 heteroatoms. The molecule has 0 saturated carbocycles. The highest BCUT2D eigenvalue weighted by atomic mass is 32.1. The van der Waals surface area contributed by atoms with Gasteiger partial charge in [0.25, 0.3) is 0 Å². The lowest BCUT2D eigenvalue weighted by Gasteiger charge is -2.27. The van der Waals surface area contributed by atoms with E-state index < -0.39 is 11.7 Å². The number of nitrogens with zero attached hydrogens (tertiary/aromatic N) is 1. The summed E-state index contributed by atoms with van der Waals surface area (Å²) >= 11 is 4.15. The molecule has 20 heavy (non-hydrogen) atoms. The molecule has 0 atom stereocenters. The number of rotatable bonds is 2. The van der Waals surface area contributed by atoms with Crippen molar-refractivity contribution in [3.05, 3.63) is 41.5 Å². The van der Waals surface area contributed by atoms with E-state index in [-0.39, 0.29) is 31.8 Å². The average molecular weight is 301 g/mol. The molecule has 0 fully saturated rings. The highest BCUT2D eigenvalue weighted by Crippen LogP contribution is 2.30. The number of carbonyl (C=O) groups is 1. The molecule has 0 bridgehead atoms. The van der Waals surface area contributed by atoms with Gasteiger partial charge in [-0.05, 0) is 24.1 Å². The van der Waals surface area contributed by atoms with Crippen molar-refractivity contribution in [2.45, 2.75) is 23.9 Å². The largest absolute Gasteiger partial charge is 0.412 e. The maximum atomic E-state index is 12.5. The summed E-state index contributed by atoms with van der Waals surface area (Å²) in [5.41, 5.74) is 0.291. The second-order valence-corrected chi connectivity index (χ2v) is 5.18. The fraction of sp³-hybridized carbons (Fsp3) is 0.357. The Morgan fingerprint density at radius 3 is 2.40 bits per heavy atom. The fourth-order valence-corrected chi connectivity index (χ4v) is 2.20. The molecule has 0 aliphatic carbocycles. The lowest BCUT2D eigenvalue weighted by atomic mass is 10.1. The topological polar surface area (TPSA) is 20.3 Å². The first-order valence-corrected chi connectivity index (χ1v) is 6.63. The van der Waals surface area contributed by atoms with Crippen molar-refractivity contribution < 1.29 is 18.0 Å². The summed E-state index contributed by atoms with van der Waals surface area (Å²) in [6, 6.07) is 7.15. The Hall–Kier alpha value is -1.43. The summed E-state index contributed by atoms with van der Waals surface area (Å²) in [5, 5.41) is 0. The van der Waals surface area contributed by atoms with Crippen molar-refractivity contribution in [3.8, 4) is 0 Å². The molecule has 108 valence electrons. The summed E-state index contributed by atoms with van der Waals surface area (Å²) in [6.45, 7) is 0.146. The Kier molecular flexibility index (Phi) is 4.42. The minimum Gasteiger partial charge on any atom is -0.338 e. The molecule has 0 radical (unpaired) electrons. The van der Waals surface area contributed by atoms with Crippen molar-refractivity contribution in [2.24, 2.45) is 0 Å². The number of thiol groups is 1. The third kappa shape index (κ3) is 3.79. The van der Waals surface area contributed by atoms with E-state index >= 15 is 0 Å². The van der Waals surface area contributed by atoms with Gasteiger partial charge in [0.1, 0.15) is 0 Å². The zero-order chi connectivity index (χ0) is 14.8. The number of halogens is 3. The Morgan fingerprint density at radius 2 is 1.90 bits per heavy atom. The van der Waals surface area contributed by atoms with Crippen LogP contribution >= 0.6 is 12.6 Å². The first-order valence-electron chi connectivity index (χ1n) is 6.18. The zero-order valence-electron chi connectivity index (χ0n) is 10.7. The zero-order valence-corrected chi connectivity index (χ0v) is 11.5. The third-order valence-electron chi connectivity index (χ3n) is 3.22. The van der Waals surface area contributed by atoms with Crippen LogP contribution in [0, 0.1) is 0 Å². The standard InChI is InChI=1S/C14H14F3NOS/c15-14(16,17)11-5-7-18(8-6-11)13(19)9-10-1-3-12(20)4-2-10/h1-5,20H,6-9H2. The number of amides is 1. The minimum atomic E-state index is -4.28. The van der Waals surface area contributed by atoms with Gasteiger partial charge in [-0.3, -0.25) is 4.79 Å². The molecule has 2 nitrogen and oxygen atoms in total. The number of hydrogen-bond acceptors (Lipinski definition) is 2. The molecule has 1 aromatic carbocycles. The monoisotopic (exact) mass is 301 g/mol. The molecule has 0 saturated heterocycles. The summed E-state index contributed by atoms with van der Waals surface area (Å²) in [6.07, 6.45) is -3.12. The summed E-state index contributed by atoms with van der Waals surface area (Å²) < 4.78 is 37.4. The van der Waals surface area contributed by atoms with E-state index in [0.717, 1.165) is 16.5 Å². The van der Waals surface area contributed by atoms with Gasteiger partial charge in [0, 0.05) is 23.6 Å². The molecule has 0 unspecified atom stereocenters. The molecular formula is C14H14F3NOS. The number of carbonyl (C=O) groups excluding carboxylic acids is 1. The molecule has 2 rings (SSSR count). The Morgan fingerprint density at radius 1 is 1.25 bits per heavy atom. The molecule has 1 amide bonds. The highest BCUT2D eigenvalue weighted by Gasteiger charge is 2.35. The highest BCUT2D eigenvalue weighted by molar-refractivity contribution is 7.80. The molecule has 0 aromatic heterocycles. The normalized spacial score (nSPS) is 16.0. The van der Waals surface area contributed by atoms with Crippen molar-refractivity contribution in [1.29, 1.82) is 0 Å². The molecule has 1 aromatic rings. The average Bonchev–Trinajstić information content (AvgIpc) is 2.40. The van der Waals surface area contributed by atoms with Gasteiger partial charge >= 0.3 is 6.18 Å².